The zero-order valence-corrected chi connectivity index (χ0v) is 8.41. The Morgan fingerprint density at radius 3 is 2.69 bits per heavy atom. The van der Waals surface area contributed by atoms with E-state index in [0.29, 0.717) is 5.76 Å². The standard InChI is InChI=1S/C8H11O4P/c1-10-13(11-2)6-7(9)8-4-3-5-12-8/h3-5H,6H2,1-2H3. The Hall–Kier alpha value is -0.700. The van der Waals surface area contributed by atoms with Gasteiger partial charge in [-0.3, -0.25) is 4.79 Å². The second-order valence-electron chi connectivity index (χ2n) is 2.26. The molecule has 0 saturated carbocycles. The molecule has 1 rings (SSSR count). The van der Waals surface area contributed by atoms with Crippen LogP contribution in [0.4, 0.5) is 0 Å². The van der Waals surface area contributed by atoms with Crippen LogP contribution in [0, 0.1) is 0 Å². The van der Waals surface area contributed by atoms with E-state index in [-0.39, 0.29) is 11.9 Å². The molecule has 0 saturated heterocycles. The maximum absolute atomic E-state index is 11.4. The van der Waals surface area contributed by atoms with Crippen molar-refractivity contribution in [3.8, 4) is 0 Å². The van der Waals surface area contributed by atoms with E-state index in [9.17, 15) is 4.79 Å². The van der Waals surface area contributed by atoms with Gasteiger partial charge in [-0.05, 0) is 12.1 Å². The van der Waals surface area contributed by atoms with Crippen LogP contribution < -0.4 is 0 Å². The first-order valence-corrected chi connectivity index (χ1v) is 5.06. The molecule has 1 aromatic rings. The molecule has 0 amide bonds. The van der Waals surface area contributed by atoms with Crippen molar-refractivity contribution in [1.82, 2.24) is 0 Å². The number of hydrogen-bond acceptors (Lipinski definition) is 4. The number of ketones is 1. The highest BCUT2D eigenvalue weighted by molar-refractivity contribution is 7.48. The van der Waals surface area contributed by atoms with Gasteiger partial charge in [-0.25, -0.2) is 0 Å². The van der Waals surface area contributed by atoms with E-state index >= 15 is 0 Å². The van der Waals surface area contributed by atoms with E-state index in [1.54, 1.807) is 12.1 Å². The van der Waals surface area contributed by atoms with Gasteiger partial charge in [-0.15, -0.1) is 0 Å². The van der Waals surface area contributed by atoms with Crippen molar-refractivity contribution in [3.05, 3.63) is 24.2 Å². The molecule has 0 bridgehead atoms. The summed E-state index contributed by atoms with van der Waals surface area (Å²) in [6.45, 7) is 0. The monoisotopic (exact) mass is 202 g/mol. The van der Waals surface area contributed by atoms with Gasteiger partial charge in [0.25, 0.3) is 0 Å². The lowest BCUT2D eigenvalue weighted by atomic mass is 10.3. The van der Waals surface area contributed by atoms with Gasteiger partial charge < -0.3 is 13.5 Å². The summed E-state index contributed by atoms with van der Waals surface area (Å²) in [6.07, 6.45) is 1.70. The largest absolute Gasteiger partial charge is 0.461 e. The van der Waals surface area contributed by atoms with Crippen molar-refractivity contribution < 1.29 is 18.3 Å². The molecule has 0 aromatic carbocycles. The third-order valence-electron chi connectivity index (χ3n) is 1.48. The highest BCUT2D eigenvalue weighted by Crippen LogP contribution is 2.36. The fraction of sp³-hybridized carbons (Fsp3) is 0.375. The van der Waals surface area contributed by atoms with Gasteiger partial charge in [-0.2, -0.15) is 0 Å². The first-order chi connectivity index (χ1) is 6.27. The van der Waals surface area contributed by atoms with Crippen molar-refractivity contribution in [2.75, 3.05) is 20.4 Å². The van der Waals surface area contributed by atoms with Crippen LogP contribution in [-0.2, 0) is 9.05 Å². The van der Waals surface area contributed by atoms with Gasteiger partial charge in [0.2, 0.25) is 5.78 Å². The van der Waals surface area contributed by atoms with Gasteiger partial charge >= 0.3 is 0 Å². The Bertz CT molecular complexity index is 253. The molecule has 0 N–H and O–H groups in total. The van der Waals surface area contributed by atoms with E-state index < -0.39 is 8.38 Å². The van der Waals surface area contributed by atoms with Crippen LogP contribution in [0.15, 0.2) is 22.8 Å². The average molecular weight is 202 g/mol. The predicted octanol–water partition coefficient (Wildman–Crippen LogP) is 2.07. The summed E-state index contributed by atoms with van der Waals surface area (Å²) in [4.78, 5) is 11.4. The SMILES string of the molecule is COP(CC(=O)c1ccco1)OC. The summed E-state index contributed by atoms with van der Waals surface area (Å²) in [7, 11) is 1.93. The zero-order valence-electron chi connectivity index (χ0n) is 7.52. The normalized spacial score (nSPS) is 10.7. The molecule has 1 heterocycles. The van der Waals surface area contributed by atoms with Crippen molar-refractivity contribution in [1.29, 1.82) is 0 Å². The molecule has 0 aliphatic carbocycles. The highest BCUT2D eigenvalue weighted by Gasteiger charge is 2.16. The lowest BCUT2D eigenvalue weighted by molar-refractivity contribution is 0.0986. The third kappa shape index (κ3) is 2.92. The van der Waals surface area contributed by atoms with Crippen LogP contribution in [0.1, 0.15) is 10.6 Å². The Morgan fingerprint density at radius 2 is 2.23 bits per heavy atom. The molecule has 0 unspecified atom stereocenters. The van der Waals surface area contributed by atoms with Crippen molar-refractivity contribution >= 4 is 14.2 Å². The molecule has 5 heteroatoms. The minimum Gasteiger partial charge on any atom is -0.461 e. The molecule has 4 nitrogen and oxygen atoms in total. The van der Waals surface area contributed by atoms with Gasteiger partial charge in [0.05, 0.1) is 12.4 Å². The molecule has 0 radical (unpaired) electrons. The van der Waals surface area contributed by atoms with E-state index in [1.807, 2.05) is 0 Å². The molecular formula is C8H11O4P. The lowest BCUT2D eigenvalue weighted by Gasteiger charge is -2.09. The van der Waals surface area contributed by atoms with E-state index in [0.717, 1.165) is 0 Å². The minimum absolute atomic E-state index is 0.0974. The topological polar surface area (TPSA) is 48.7 Å². The van der Waals surface area contributed by atoms with Crippen LogP contribution in [0.2, 0.25) is 0 Å². The number of furan rings is 1. The van der Waals surface area contributed by atoms with Gasteiger partial charge in [0.15, 0.2) is 14.1 Å². The average Bonchev–Trinajstić information content (AvgIpc) is 2.66. The Morgan fingerprint density at radius 1 is 1.54 bits per heavy atom. The molecule has 13 heavy (non-hydrogen) atoms. The first kappa shape index (κ1) is 10.4. The van der Waals surface area contributed by atoms with Crippen molar-refractivity contribution in [2.24, 2.45) is 0 Å². The summed E-state index contributed by atoms with van der Waals surface area (Å²) in [5, 5.41) is 0. The first-order valence-electron chi connectivity index (χ1n) is 3.70. The van der Waals surface area contributed by atoms with Gasteiger partial charge in [0.1, 0.15) is 0 Å². The molecule has 0 aliphatic heterocycles. The van der Waals surface area contributed by atoms with Crippen LogP contribution in [0.25, 0.3) is 0 Å². The lowest BCUT2D eigenvalue weighted by Crippen LogP contribution is -2.04. The summed E-state index contributed by atoms with van der Waals surface area (Å²) >= 11 is 0. The molecule has 0 spiro atoms. The second-order valence-corrected chi connectivity index (χ2v) is 3.97. The predicted molar refractivity (Wildman–Crippen MR) is 48.8 cm³/mol. The molecule has 72 valence electrons. The minimum atomic E-state index is -1.11. The Kier molecular flexibility index (Phi) is 4.09. The van der Waals surface area contributed by atoms with Crippen LogP contribution >= 0.6 is 8.38 Å². The summed E-state index contributed by atoms with van der Waals surface area (Å²) < 4.78 is 14.8. The van der Waals surface area contributed by atoms with E-state index in [2.05, 4.69) is 0 Å². The fourth-order valence-electron chi connectivity index (χ4n) is 0.836. The number of hydrogen-bond donors (Lipinski definition) is 0. The maximum atomic E-state index is 11.4. The van der Waals surface area contributed by atoms with E-state index in [4.69, 9.17) is 13.5 Å². The second kappa shape index (κ2) is 5.12. The Labute approximate surface area is 77.7 Å². The molecule has 0 atom stereocenters. The van der Waals surface area contributed by atoms with Gasteiger partial charge in [-0.1, -0.05) is 0 Å². The van der Waals surface area contributed by atoms with Crippen molar-refractivity contribution in [3.63, 3.8) is 0 Å². The third-order valence-corrected chi connectivity index (χ3v) is 2.84. The van der Waals surface area contributed by atoms with Crippen molar-refractivity contribution in [2.45, 2.75) is 0 Å². The quantitative estimate of drug-likeness (QED) is 0.541. The number of Topliss-reactive ketones (excluding diaryl/α,β-unsaturated/α-hetero) is 1. The molecule has 1 aromatic heterocycles. The summed E-state index contributed by atoms with van der Waals surface area (Å²) in [6, 6.07) is 3.30. The molecule has 0 fully saturated rings. The van der Waals surface area contributed by atoms with E-state index in [1.165, 1.54) is 20.5 Å². The molecular weight excluding hydrogens is 191 g/mol. The number of rotatable bonds is 5. The summed E-state index contributed by atoms with van der Waals surface area (Å²) in [5.74, 6) is 0.251. The summed E-state index contributed by atoms with van der Waals surface area (Å²) in [5.41, 5.74) is 0. The maximum Gasteiger partial charge on any atom is 0.206 e. The smallest absolute Gasteiger partial charge is 0.206 e. The highest BCUT2D eigenvalue weighted by atomic mass is 31.2. The number of carbonyl (C=O) groups excluding carboxylic acids is 1. The Balaban J connectivity index is 2.50. The van der Waals surface area contributed by atoms with Gasteiger partial charge in [0, 0.05) is 14.2 Å². The molecule has 0 aliphatic rings. The van der Waals surface area contributed by atoms with Crippen LogP contribution in [0.3, 0.4) is 0 Å². The number of carbonyl (C=O) groups is 1. The van der Waals surface area contributed by atoms with Crippen LogP contribution in [-0.4, -0.2) is 26.2 Å². The zero-order chi connectivity index (χ0) is 9.68. The fourth-order valence-corrected chi connectivity index (χ4v) is 1.63. The van der Waals surface area contributed by atoms with Crippen LogP contribution in [0.5, 0.6) is 0 Å².